The van der Waals surface area contributed by atoms with Gasteiger partial charge in [-0.1, -0.05) is 54.6 Å². The van der Waals surface area contributed by atoms with Gasteiger partial charge in [0.1, 0.15) is 0 Å². The Balaban J connectivity index is 1.86. The lowest BCUT2D eigenvalue weighted by atomic mass is 10.0. The maximum atomic E-state index is 3.59. The molecule has 0 amide bonds. The molecular weight excluding hydrogens is 218 g/mol. The molecule has 1 nitrogen and oxygen atoms in total. The Hall–Kier alpha value is -1.60. The third-order valence-corrected chi connectivity index (χ3v) is 3.36. The molecule has 0 bridgehead atoms. The van der Waals surface area contributed by atoms with Crippen molar-refractivity contribution in [2.24, 2.45) is 0 Å². The molecule has 18 heavy (non-hydrogen) atoms. The van der Waals surface area contributed by atoms with Gasteiger partial charge in [-0.15, -0.1) is 0 Å². The predicted molar refractivity (Wildman–Crippen MR) is 77.7 cm³/mol. The molecule has 0 radical (unpaired) electrons. The second-order valence-corrected chi connectivity index (χ2v) is 4.77. The number of aryl methyl sites for hydroxylation is 1. The fourth-order valence-corrected chi connectivity index (χ4v) is 2.26. The first-order valence-corrected chi connectivity index (χ1v) is 6.60. The van der Waals surface area contributed by atoms with E-state index in [-0.39, 0.29) is 0 Å². The topological polar surface area (TPSA) is 12.0 Å². The van der Waals surface area contributed by atoms with Gasteiger partial charge >= 0.3 is 0 Å². The quantitative estimate of drug-likeness (QED) is 0.834. The van der Waals surface area contributed by atoms with Crippen LogP contribution in [0, 0.1) is 6.92 Å². The molecule has 1 unspecified atom stereocenters. The molecule has 0 spiro atoms. The SMILES string of the molecule is Cc1ccccc1C(C)NCCc1ccccc1. The first kappa shape index (κ1) is 12.8. The smallest absolute Gasteiger partial charge is 0.0294 e. The minimum absolute atomic E-state index is 0.412. The maximum Gasteiger partial charge on any atom is 0.0294 e. The van der Waals surface area contributed by atoms with E-state index >= 15 is 0 Å². The van der Waals surface area contributed by atoms with E-state index in [2.05, 4.69) is 73.8 Å². The third kappa shape index (κ3) is 3.44. The van der Waals surface area contributed by atoms with E-state index < -0.39 is 0 Å². The lowest BCUT2D eigenvalue weighted by Crippen LogP contribution is -2.21. The van der Waals surface area contributed by atoms with E-state index in [0.29, 0.717) is 6.04 Å². The fourth-order valence-electron chi connectivity index (χ4n) is 2.26. The normalized spacial score (nSPS) is 12.3. The van der Waals surface area contributed by atoms with E-state index in [0.717, 1.165) is 13.0 Å². The van der Waals surface area contributed by atoms with E-state index in [1.807, 2.05) is 0 Å². The lowest BCUT2D eigenvalue weighted by Gasteiger charge is -2.16. The molecule has 94 valence electrons. The van der Waals surface area contributed by atoms with Gasteiger partial charge in [0.15, 0.2) is 0 Å². The molecule has 0 aliphatic rings. The van der Waals surface area contributed by atoms with Gasteiger partial charge < -0.3 is 5.32 Å². The first-order valence-electron chi connectivity index (χ1n) is 6.60. The third-order valence-electron chi connectivity index (χ3n) is 3.36. The highest BCUT2D eigenvalue weighted by molar-refractivity contribution is 5.28. The number of benzene rings is 2. The van der Waals surface area contributed by atoms with Crippen LogP contribution in [0.5, 0.6) is 0 Å². The summed E-state index contributed by atoms with van der Waals surface area (Å²) in [6, 6.07) is 19.6. The second-order valence-electron chi connectivity index (χ2n) is 4.77. The summed E-state index contributed by atoms with van der Waals surface area (Å²) in [4.78, 5) is 0. The van der Waals surface area contributed by atoms with Crippen LogP contribution in [0.4, 0.5) is 0 Å². The van der Waals surface area contributed by atoms with Gasteiger partial charge in [-0.3, -0.25) is 0 Å². The number of rotatable bonds is 5. The van der Waals surface area contributed by atoms with Crippen LogP contribution in [0.15, 0.2) is 54.6 Å². The molecule has 0 heterocycles. The van der Waals surface area contributed by atoms with Gasteiger partial charge in [0, 0.05) is 6.04 Å². The first-order chi connectivity index (χ1) is 8.77. The highest BCUT2D eigenvalue weighted by Crippen LogP contribution is 2.16. The number of nitrogens with one attached hydrogen (secondary N) is 1. The summed E-state index contributed by atoms with van der Waals surface area (Å²) >= 11 is 0. The van der Waals surface area contributed by atoms with Crippen molar-refractivity contribution >= 4 is 0 Å². The Morgan fingerprint density at radius 2 is 1.61 bits per heavy atom. The van der Waals surface area contributed by atoms with E-state index in [9.17, 15) is 0 Å². The van der Waals surface area contributed by atoms with Crippen LogP contribution in [0.25, 0.3) is 0 Å². The van der Waals surface area contributed by atoms with Crippen LogP contribution in [0.2, 0.25) is 0 Å². The molecule has 0 aliphatic heterocycles. The van der Waals surface area contributed by atoms with E-state index in [1.165, 1.54) is 16.7 Å². The van der Waals surface area contributed by atoms with Crippen molar-refractivity contribution in [3.63, 3.8) is 0 Å². The van der Waals surface area contributed by atoms with Gasteiger partial charge in [-0.2, -0.15) is 0 Å². The van der Waals surface area contributed by atoms with Gasteiger partial charge in [-0.05, 0) is 43.5 Å². The molecule has 0 saturated carbocycles. The number of hydrogen-bond donors (Lipinski definition) is 1. The molecule has 0 aromatic heterocycles. The van der Waals surface area contributed by atoms with Gasteiger partial charge in [0.05, 0.1) is 0 Å². The zero-order valence-electron chi connectivity index (χ0n) is 11.2. The van der Waals surface area contributed by atoms with Crippen LogP contribution in [-0.4, -0.2) is 6.54 Å². The Morgan fingerprint density at radius 3 is 2.33 bits per heavy atom. The van der Waals surface area contributed by atoms with Crippen molar-refractivity contribution in [1.29, 1.82) is 0 Å². The largest absolute Gasteiger partial charge is 0.310 e. The van der Waals surface area contributed by atoms with E-state index in [1.54, 1.807) is 0 Å². The number of hydrogen-bond acceptors (Lipinski definition) is 1. The van der Waals surface area contributed by atoms with Crippen LogP contribution in [0.3, 0.4) is 0 Å². The summed E-state index contributed by atoms with van der Waals surface area (Å²) in [7, 11) is 0. The monoisotopic (exact) mass is 239 g/mol. The highest BCUT2D eigenvalue weighted by Gasteiger charge is 2.06. The Bertz CT molecular complexity index is 476. The molecule has 2 aromatic rings. The average molecular weight is 239 g/mol. The van der Waals surface area contributed by atoms with Crippen molar-refractivity contribution < 1.29 is 0 Å². The van der Waals surface area contributed by atoms with Crippen LogP contribution < -0.4 is 5.32 Å². The van der Waals surface area contributed by atoms with Crippen molar-refractivity contribution in [2.75, 3.05) is 6.54 Å². The van der Waals surface area contributed by atoms with Crippen molar-refractivity contribution in [3.8, 4) is 0 Å². The van der Waals surface area contributed by atoms with Gasteiger partial charge in [0.25, 0.3) is 0 Å². The minimum atomic E-state index is 0.412. The predicted octanol–water partition coefficient (Wildman–Crippen LogP) is 3.89. The maximum absolute atomic E-state index is 3.59. The summed E-state index contributed by atoms with van der Waals surface area (Å²) in [5.74, 6) is 0. The lowest BCUT2D eigenvalue weighted by molar-refractivity contribution is 0.574. The molecule has 0 fully saturated rings. The average Bonchev–Trinajstić information content (AvgIpc) is 2.40. The minimum Gasteiger partial charge on any atom is -0.310 e. The van der Waals surface area contributed by atoms with Crippen molar-refractivity contribution in [2.45, 2.75) is 26.3 Å². The molecule has 0 saturated heterocycles. The standard InChI is InChI=1S/C17H21N/c1-14-8-6-7-11-17(14)15(2)18-13-12-16-9-4-3-5-10-16/h3-11,15,18H,12-13H2,1-2H3. The zero-order valence-corrected chi connectivity index (χ0v) is 11.2. The second kappa shape index (κ2) is 6.36. The van der Waals surface area contributed by atoms with Gasteiger partial charge in [0.2, 0.25) is 0 Å². The molecule has 1 heteroatoms. The van der Waals surface area contributed by atoms with Crippen LogP contribution in [-0.2, 0) is 6.42 Å². The van der Waals surface area contributed by atoms with Crippen molar-refractivity contribution in [3.05, 3.63) is 71.3 Å². The summed E-state index contributed by atoms with van der Waals surface area (Å²) in [5, 5.41) is 3.59. The van der Waals surface area contributed by atoms with Crippen molar-refractivity contribution in [1.82, 2.24) is 5.32 Å². The summed E-state index contributed by atoms with van der Waals surface area (Å²) in [5.41, 5.74) is 4.14. The molecule has 0 aliphatic carbocycles. The Morgan fingerprint density at radius 1 is 0.944 bits per heavy atom. The molecule has 2 aromatic carbocycles. The van der Waals surface area contributed by atoms with Gasteiger partial charge in [-0.25, -0.2) is 0 Å². The summed E-state index contributed by atoms with van der Waals surface area (Å²) < 4.78 is 0. The molecule has 1 atom stereocenters. The van der Waals surface area contributed by atoms with Crippen LogP contribution in [0.1, 0.15) is 29.7 Å². The Labute approximate surface area is 110 Å². The van der Waals surface area contributed by atoms with Crippen LogP contribution >= 0.6 is 0 Å². The van der Waals surface area contributed by atoms with E-state index in [4.69, 9.17) is 0 Å². The zero-order chi connectivity index (χ0) is 12.8. The Kier molecular flexibility index (Phi) is 4.54. The molecular formula is C17H21N. The molecule has 2 rings (SSSR count). The summed E-state index contributed by atoms with van der Waals surface area (Å²) in [6.07, 6.45) is 1.08. The molecule has 1 N–H and O–H groups in total. The summed E-state index contributed by atoms with van der Waals surface area (Å²) in [6.45, 7) is 5.41. The fraction of sp³-hybridized carbons (Fsp3) is 0.294. The highest BCUT2D eigenvalue weighted by atomic mass is 14.9.